The summed E-state index contributed by atoms with van der Waals surface area (Å²) in [5, 5.41) is 3.55. The number of hydrogen-bond acceptors (Lipinski definition) is 3. The Labute approximate surface area is 110 Å². The fourth-order valence-electron chi connectivity index (χ4n) is 2.63. The predicted molar refractivity (Wildman–Crippen MR) is 72.6 cm³/mol. The fraction of sp³-hybridized carbons (Fsp3) is 0.786. The SMILES string of the molecule is CCOCC(C(C)C)n1cncc1C1CCCN1. The van der Waals surface area contributed by atoms with Crippen LogP contribution in [-0.2, 0) is 4.74 Å². The first-order valence-corrected chi connectivity index (χ1v) is 7.06. The van der Waals surface area contributed by atoms with E-state index in [0.717, 1.165) is 19.8 Å². The number of rotatable bonds is 6. The number of aromatic nitrogens is 2. The topological polar surface area (TPSA) is 39.1 Å². The van der Waals surface area contributed by atoms with Crippen molar-refractivity contribution in [3.63, 3.8) is 0 Å². The quantitative estimate of drug-likeness (QED) is 0.844. The van der Waals surface area contributed by atoms with Gasteiger partial charge < -0.3 is 14.6 Å². The second kappa shape index (κ2) is 6.34. The van der Waals surface area contributed by atoms with Crippen molar-refractivity contribution in [1.82, 2.24) is 14.9 Å². The maximum absolute atomic E-state index is 5.63. The highest BCUT2D eigenvalue weighted by Gasteiger charge is 2.24. The summed E-state index contributed by atoms with van der Waals surface area (Å²) in [5.41, 5.74) is 1.31. The molecule has 0 spiro atoms. The van der Waals surface area contributed by atoms with Crippen LogP contribution in [0.1, 0.15) is 51.4 Å². The minimum Gasteiger partial charge on any atom is -0.380 e. The van der Waals surface area contributed by atoms with E-state index < -0.39 is 0 Å². The molecular weight excluding hydrogens is 226 g/mol. The van der Waals surface area contributed by atoms with Crippen LogP contribution < -0.4 is 5.32 Å². The van der Waals surface area contributed by atoms with E-state index in [1.807, 2.05) is 19.4 Å². The van der Waals surface area contributed by atoms with Crippen molar-refractivity contribution in [1.29, 1.82) is 0 Å². The molecule has 4 heteroatoms. The smallest absolute Gasteiger partial charge is 0.0952 e. The monoisotopic (exact) mass is 251 g/mol. The molecule has 1 aliphatic heterocycles. The summed E-state index contributed by atoms with van der Waals surface area (Å²) in [5.74, 6) is 0.547. The minimum atomic E-state index is 0.379. The maximum Gasteiger partial charge on any atom is 0.0952 e. The molecule has 0 aromatic carbocycles. The van der Waals surface area contributed by atoms with Crippen LogP contribution in [0.5, 0.6) is 0 Å². The summed E-state index contributed by atoms with van der Waals surface area (Å²) in [6, 6.07) is 0.847. The lowest BCUT2D eigenvalue weighted by Gasteiger charge is -2.26. The molecule has 1 N–H and O–H groups in total. The van der Waals surface area contributed by atoms with Gasteiger partial charge in [0.2, 0.25) is 0 Å². The van der Waals surface area contributed by atoms with Gasteiger partial charge >= 0.3 is 0 Å². The van der Waals surface area contributed by atoms with Crippen molar-refractivity contribution in [2.24, 2.45) is 5.92 Å². The highest BCUT2D eigenvalue weighted by atomic mass is 16.5. The highest BCUT2D eigenvalue weighted by molar-refractivity contribution is 5.09. The standard InChI is InChI=1S/C14H25N3O/c1-4-18-9-14(11(2)3)17-10-15-8-13(17)12-6-5-7-16-12/h8,10-12,14,16H,4-7,9H2,1-3H3. The highest BCUT2D eigenvalue weighted by Crippen LogP contribution is 2.27. The first kappa shape index (κ1) is 13.6. The Bertz CT molecular complexity index is 356. The Morgan fingerprint density at radius 1 is 1.56 bits per heavy atom. The molecule has 1 fully saturated rings. The largest absolute Gasteiger partial charge is 0.380 e. The van der Waals surface area contributed by atoms with Gasteiger partial charge in [-0.2, -0.15) is 0 Å². The minimum absolute atomic E-state index is 0.379. The molecule has 0 saturated carbocycles. The molecule has 0 bridgehead atoms. The maximum atomic E-state index is 5.63. The first-order valence-electron chi connectivity index (χ1n) is 7.06. The van der Waals surface area contributed by atoms with Crippen LogP contribution in [0.4, 0.5) is 0 Å². The molecule has 2 atom stereocenters. The van der Waals surface area contributed by atoms with Crippen molar-refractivity contribution in [3.8, 4) is 0 Å². The normalized spacial score (nSPS) is 21.7. The third kappa shape index (κ3) is 2.93. The van der Waals surface area contributed by atoms with Crippen molar-refractivity contribution >= 4 is 0 Å². The average Bonchev–Trinajstić information content (AvgIpc) is 2.99. The van der Waals surface area contributed by atoms with Crippen LogP contribution in [0.15, 0.2) is 12.5 Å². The van der Waals surface area contributed by atoms with E-state index in [1.54, 1.807) is 0 Å². The fourth-order valence-corrected chi connectivity index (χ4v) is 2.63. The molecule has 0 amide bonds. The summed E-state index contributed by atoms with van der Waals surface area (Å²) in [6.45, 7) is 9.20. The zero-order valence-corrected chi connectivity index (χ0v) is 11.7. The van der Waals surface area contributed by atoms with Crippen molar-refractivity contribution in [2.75, 3.05) is 19.8 Å². The van der Waals surface area contributed by atoms with Gasteiger partial charge in [-0.3, -0.25) is 0 Å². The van der Waals surface area contributed by atoms with Gasteiger partial charge in [0.05, 0.1) is 24.7 Å². The van der Waals surface area contributed by atoms with Gasteiger partial charge in [0.25, 0.3) is 0 Å². The molecule has 0 radical (unpaired) electrons. The Morgan fingerprint density at radius 3 is 3.00 bits per heavy atom. The van der Waals surface area contributed by atoms with E-state index in [9.17, 15) is 0 Å². The lowest BCUT2D eigenvalue weighted by Crippen LogP contribution is -2.25. The van der Waals surface area contributed by atoms with Crippen LogP contribution in [-0.4, -0.2) is 29.3 Å². The van der Waals surface area contributed by atoms with Crippen LogP contribution in [0.2, 0.25) is 0 Å². The number of ether oxygens (including phenoxy) is 1. The molecule has 2 rings (SSSR count). The number of hydrogen-bond donors (Lipinski definition) is 1. The van der Waals surface area contributed by atoms with Crippen LogP contribution in [0, 0.1) is 5.92 Å². The number of nitrogens with zero attached hydrogens (tertiary/aromatic N) is 2. The molecule has 2 unspecified atom stereocenters. The molecule has 1 saturated heterocycles. The molecule has 102 valence electrons. The van der Waals surface area contributed by atoms with Crippen LogP contribution in [0.3, 0.4) is 0 Å². The van der Waals surface area contributed by atoms with E-state index in [2.05, 4.69) is 28.7 Å². The van der Waals surface area contributed by atoms with Gasteiger partial charge in [-0.05, 0) is 32.2 Å². The second-order valence-electron chi connectivity index (χ2n) is 5.35. The molecule has 2 heterocycles. The molecule has 1 aromatic rings. The molecule has 18 heavy (non-hydrogen) atoms. The Balaban J connectivity index is 2.16. The summed E-state index contributed by atoms with van der Waals surface area (Å²) >= 11 is 0. The zero-order valence-electron chi connectivity index (χ0n) is 11.7. The average molecular weight is 251 g/mol. The zero-order chi connectivity index (χ0) is 13.0. The van der Waals surface area contributed by atoms with Gasteiger partial charge in [0.1, 0.15) is 0 Å². The van der Waals surface area contributed by atoms with Gasteiger partial charge in [-0.15, -0.1) is 0 Å². The van der Waals surface area contributed by atoms with Crippen LogP contribution >= 0.6 is 0 Å². The summed E-state index contributed by atoms with van der Waals surface area (Å²) in [4.78, 5) is 4.35. The van der Waals surface area contributed by atoms with E-state index in [4.69, 9.17) is 4.74 Å². The second-order valence-corrected chi connectivity index (χ2v) is 5.35. The molecule has 4 nitrogen and oxygen atoms in total. The summed E-state index contributed by atoms with van der Waals surface area (Å²) < 4.78 is 7.94. The number of nitrogens with one attached hydrogen (secondary N) is 1. The third-order valence-corrected chi connectivity index (χ3v) is 3.73. The van der Waals surface area contributed by atoms with Crippen molar-refractivity contribution < 1.29 is 4.74 Å². The van der Waals surface area contributed by atoms with Gasteiger partial charge in [-0.1, -0.05) is 13.8 Å². The molecule has 1 aliphatic rings. The Hall–Kier alpha value is -0.870. The molecule has 1 aromatic heterocycles. The first-order chi connectivity index (χ1) is 8.74. The van der Waals surface area contributed by atoms with Gasteiger partial charge in [0.15, 0.2) is 0 Å². The lowest BCUT2D eigenvalue weighted by atomic mass is 10.0. The molecule has 0 aliphatic carbocycles. The lowest BCUT2D eigenvalue weighted by molar-refractivity contribution is 0.0948. The number of imidazole rings is 1. The van der Waals surface area contributed by atoms with Gasteiger partial charge in [-0.25, -0.2) is 4.98 Å². The van der Waals surface area contributed by atoms with E-state index in [0.29, 0.717) is 18.0 Å². The Morgan fingerprint density at radius 2 is 2.39 bits per heavy atom. The third-order valence-electron chi connectivity index (χ3n) is 3.73. The summed E-state index contributed by atoms with van der Waals surface area (Å²) in [6.07, 6.45) is 6.43. The van der Waals surface area contributed by atoms with E-state index in [1.165, 1.54) is 18.5 Å². The van der Waals surface area contributed by atoms with E-state index in [-0.39, 0.29) is 0 Å². The Kier molecular flexibility index (Phi) is 4.78. The van der Waals surface area contributed by atoms with Gasteiger partial charge in [0, 0.05) is 18.8 Å². The van der Waals surface area contributed by atoms with Crippen molar-refractivity contribution in [3.05, 3.63) is 18.2 Å². The van der Waals surface area contributed by atoms with Crippen molar-refractivity contribution in [2.45, 2.75) is 45.7 Å². The predicted octanol–water partition coefficient (Wildman–Crippen LogP) is 2.54. The summed E-state index contributed by atoms with van der Waals surface area (Å²) in [7, 11) is 0. The molecular formula is C14H25N3O. The van der Waals surface area contributed by atoms with Crippen LogP contribution in [0.25, 0.3) is 0 Å². The van der Waals surface area contributed by atoms with E-state index >= 15 is 0 Å².